The van der Waals surface area contributed by atoms with Crippen LogP contribution in [0.3, 0.4) is 0 Å². The van der Waals surface area contributed by atoms with Crippen molar-refractivity contribution in [2.45, 2.75) is 39.8 Å². The van der Waals surface area contributed by atoms with Crippen molar-refractivity contribution in [3.63, 3.8) is 0 Å². The fourth-order valence-corrected chi connectivity index (χ4v) is 2.62. The highest BCUT2D eigenvalue weighted by molar-refractivity contribution is 9.10. The molecule has 0 heterocycles. The van der Waals surface area contributed by atoms with Crippen LogP contribution in [0.5, 0.6) is 5.75 Å². The maximum Gasteiger partial charge on any atom is 0.133 e. The summed E-state index contributed by atoms with van der Waals surface area (Å²) in [6.07, 6.45) is 0.765. The molecule has 19 heavy (non-hydrogen) atoms. The summed E-state index contributed by atoms with van der Waals surface area (Å²) in [6.45, 7) is 7.55. The van der Waals surface area contributed by atoms with E-state index in [-0.39, 0.29) is 12.0 Å². The standard InChI is InChI=1S/C15H24BrNO2/c1-15(2,3)14(7-8-18)17-10-11-5-6-13(19-4)12(16)9-11/h5-6,9,14,17-18H,7-8,10H2,1-4H3. The summed E-state index contributed by atoms with van der Waals surface area (Å²) in [7, 11) is 1.66. The summed E-state index contributed by atoms with van der Waals surface area (Å²) in [4.78, 5) is 0. The lowest BCUT2D eigenvalue weighted by Gasteiger charge is -2.31. The number of aliphatic hydroxyl groups excluding tert-OH is 1. The van der Waals surface area contributed by atoms with E-state index in [0.29, 0.717) is 6.04 Å². The molecule has 0 amide bonds. The van der Waals surface area contributed by atoms with Crippen LogP contribution in [0.15, 0.2) is 22.7 Å². The van der Waals surface area contributed by atoms with Gasteiger partial charge in [-0.3, -0.25) is 0 Å². The Labute approximate surface area is 124 Å². The Hall–Kier alpha value is -0.580. The van der Waals surface area contributed by atoms with Crippen molar-refractivity contribution in [3.8, 4) is 5.75 Å². The van der Waals surface area contributed by atoms with E-state index < -0.39 is 0 Å². The molecule has 0 bridgehead atoms. The van der Waals surface area contributed by atoms with Crippen LogP contribution in [0, 0.1) is 5.41 Å². The van der Waals surface area contributed by atoms with Crippen molar-refractivity contribution >= 4 is 15.9 Å². The van der Waals surface area contributed by atoms with E-state index in [0.717, 1.165) is 23.2 Å². The normalized spacial score (nSPS) is 13.4. The van der Waals surface area contributed by atoms with Gasteiger partial charge in [0, 0.05) is 19.2 Å². The van der Waals surface area contributed by atoms with E-state index in [2.05, 4.69) is 54.2 Å². The van der Waals surface area contributed by atoms with Gasteiger partial charge in [-0.25, -0.2) is 0 Å². The Morgan fingerprint density at radius 2 is 2.05 bits per heavy atom. The Morgan fingerprint density at radius 1 is 1.37 bits per heavy atom. The van der Waals surface area contributed by atoms with Gasteiger partial charge in [-0.05, 0) is 45.5 Å². The molecule has 0 fully saturated rings. The van der Waals surface area contributed by atoms with E-state index in [1.165, 1.54) is 5.56 Å². The van der Waals surface area contributed by atoms with Gasteiger partial charge in [-0.15, -0.1) is 0 Å². The summed E-state index contributed by atoms with van der Waals surface area (Å²) < 4.78 is 6.18. The highest BCUT2D eigenvalue weighted by Crippen LogP contribution is 2.26. The molecule has 2 N–H and O–H groups in total. The SMILES string of the molecule is COc1ccc(CNC(CCO)C(C)(C)C)cc1Br. The van der Waals surface area contributed by atoms with Crippen molar-refractivity contribution in [1.29, 1.82) is 0 Å². The molecule has 3 nitrogen and oxygen atoms in total. The molecular weight excluding hydrogens is 306 g/mol. The van der Waals surface area contributed by atoms with Gasteiger partial charge in [0.15, 0.2) is 0 Å². The van der Waals surface area contributed by atoms with Gasteiger partial charge in [0.2, 0.25) is 0 Å². The molecular formula is C15H24BrNO2. The first-order valence-corrected chi connectivity index (χ1v) is 7.34. The van der Waals surface area contributed by atoms with Crippen LogP contribution in [0.25, 0.3) is 0 Å². The quantitative estimate of drug-likeness (QED) is 0.841. The van der Waals surface area contributed by atoms with Gasteiger partial charge in [0.1, 0.15) is 5.75 Å². The van der Waals surface area contributed by atoms with E-state index in [1.54, 1.807) is 7.11 Å². The summed E-state index contributed by atoms with van der Waals surface area (Å²) in [5.41, 5.74) is 1.33. The molecule has 0 spiro atoms. The highest BCUT2D eigenvalue weighted by atomic mass is 79.9. The maximum atomic E-state index is 9.15. The number of methoxy groups -OCH3 is 1. The lowest BCUT2D eigenvalue weighted by molar-refractivity contribution is 0.196. The Morgan fingerprint density at radius 3 is 2.53 bits per heavy atom. The number of rotatable bonds is 6. The van der Waals surface area contributed by atoms with E-state index in [4.69, 9.17) is 9.84 Å². The van der Waals surface area contributed by atoms with Gasteiger partial charge in [-0.1, -0.05) is 26.8 Å². The van der Waals surface area contributed by atoms with Crippen molar-refractivity contribution < 1.29 is 9.84 Å². The summed E-state index contributed by atoms with van der Waals surface area (Å²) >= 11 is 3.49. The zero-order valence-electron chi connectivity index (χ0n) is 12.2. The molecule has 0 aliphatic heterocycles. The number of halogens is 1. The predicted molar refractivity (Wildman–Crippen MR) is 82.5 cm³/mol. The minimum Gasteiger partial charge on any atom is -0.496 e. The average molecular weight is 330 g/mol. The molecule has 0 aliphatic carbocycles. The lowest BCUT2D eigenvalue weighted by atomic mass is 9.85. The molecule has 1 unspecified atom stereocenters. The van der Waals surface area contributed by atoms with Crippen LogP contribution in [0.1, 0.15) is 32.8 Å². The van der Waals surface area contributed by atoms with Crippen molar-refractivity contribution in [3.05, 3.63) is 28.2 Å². The van der Waals surface area contributed by atoms with E-state index in [1.807, 2.05) is 6.07 Å². The second kappa shape index (κ2) is 7.27. The first-order valence-electron chi connectivity index (χ1n) is 6.55. The van der Waals surface area contributed by atoms with Gasteiger partial charge >= 0.3 is 0 Å². The molecule has 1 aromatic rings. The number of benzene rings is 1. The number of hydrogen-bond acceptors (Lipinski definition) is 3. The van der Waals surface area contributed by atoms with Crippen molar-refractivity contribution in [1.82, 2.24) is 5.32 Å². The maximum absolute atomic E-state index is 9.15. The summed E-state index contributed by atoms with van der Waals surface area (Å²) in [5, 5.41) is 12.7. The number of ether oxygens (including phenoxy) is 1. The van der Waals surface area contributed by atoms with Crippen LogP contribution >= 0.6 is 15.9 Å². The monoisotopic (exact) mass is 329 g/mol. The van der Waals surface area contributed by atoms with Crippen LogP contribution in [0.4, 0.5) is 0 Å². The second-order valence-electron chi connectivity index (χ2n) is 5.78. The Balaban J connectivity index is 2.66. The van der Waals surface area contributed by atoms with Crippen LogP contribution in [-0.2, 0) is 6.54 Å². The molecule has 1 rings (SSSR count). The largest absolute Gasteiger partial charge is 0.496 e. The van der Waals surface area contributed by atoms with Crippen LogP contribution in [-0.4, -0.2) is 24.9 Å². The Bertz CT molecular complexity index is 402. The molecule has 0 saturated heterocycles. The molecule has 1 aromatic carbocycles. The van der Waals surface area contributed by atoms with E-state index in [9.17, 15) is 0 Å². The molecule has 108 valence electrons. The third-order valence-electron chi connectivity index (χ3n) is 3.23. The topological polar surface area (TPSA) is 41.5 Å². The fourth-order valence-electron chi connectivity index (χ4n) is 2.03. The highest BCUT2D eigenvalue weighted by Gasteiger charge is 2.23. The smallest absolute Gasteiger partial charge is 0.133 e. The molecule has 4 heteroatoms. The van der Waals surface area contributed by atoms with Gasteiger partial charge in [-0.2, -0.15) is 0 Å². The second-order valence-corrected chi connectivity index (χ2v) is 6.64. The van der Waals surface area contributed by atoms with Gasteiger partial charge in [0.25, 0.3) is 0 Å². The van der Waals surface area contributed by atoms with E-state index >= 15 is 0 Å². The van der Waals surface area contributed by atoms with Gasteiger partial charge < -0.3 is 15.2 Å². The van der Waals surface area contributed by atoms with Crippen LogP contribution < -0.4 is 10.1 Å². The van der Waals surface area contributed by atoms with Crippen molar-refractivity contribution in [2.24, 2.45) is 5.41 Å². The summed E-state index contributed by atoms with van der Waals surface area (Å²) in [5.74, 6) is 0.839. The van der Waals surface area contributed by atoms with Gasteiger partial charge in [0.05, 0.1) is 11.6 Å². The Kier molecular flexibility index (Phi) is 6.30. The predicted octanol–water partition coefficient (Wildman–Crippen LogP) is 3.34. The molecule has 0 aromatic heterocycles. The molecule has 0 radical (unpaired) electrons. The van der Waals surface area contributed by atoms with Crippen molar-refractivity contribution in [2.75, 3.05) is 13.7 Å². The molecule has 0 aliphatic rings. The average Bonchev–Trinajstić information content (AvgIpc) is 2.33. The number of nitrogens with one attached hydrogen (secondary N) is 1. The number of aliphatic hydroxyl groups is 1. The lowest BCUT2D eigenvalue weighted by Crippen LogP contribution is -2.40. The third-order valence-corrected chi connectivity index (χ3v) is 3.85. The molecule has 0 saturated carbocycles. The van der Waals surface area contributed by atoms with Crippen LogP contribution in [0.2, 0.25) is 0 Å². The first kappa shape index (κ1) is 16.5. The zero-order valence-corrected chi connectivity index (χ0v) is 13.8. The minimum absolute atomic E-state index is 0.131. The zero-order chi connectivity index (χ0) is 14.5. The summed E-state index contributed by atoms with van der Waals surface area (Å²) in [6, 6.07) is 6.36. The third kappa shape index (κ3) is 5.13. The first-order chi connectivity index (χ1) is 8.88. The molecule has 1 atom stereocenters. The fraction of sp³-hybridized carbons (Fsp3) is 0.600. The number of hydrogen-bond donors (Lipinski definition) is 2. The minimum atomic E-state index is 0.131.